The molecule has 1 aliphatic rings. The van der Waals surface area contributed by atoms with Gasteiger partial charge in [-0.2, -0.15) is 0 Å². The summed E-state index contributed by atoms with van der Waals surface area (Å²) in [5.74, 6) is -0.310. The molecule has 1 heterocycles. The summed E-state index contributed by atoms with van der Waals surface area (Å²) in [6, 6.07) is 7.28. The Morgan fingerprint density at radius 1 is 1.50 bits per heavy atom. The highest BCUT2D eigenvalue weighted by Crippen LogP contribution is 2.50. The topological polar surface area (TPSA) is 38.8 Å². The summed E-state index contributed by atoms with van der Waals surface area (Å²) in [6.07, 6.45) is -0.219. The maximum absolute atomic E-state index is 11.6. The van der Waals surface area contributed by atoms with E-state index in [0.717, 1.165) is 5.56 Å². The van der Waals surface area contributed by atoms with E-state index in [1.54, 1.807) is 26.0 Å². The third-order valence-electron chi connectivity index (χ3n) is 2.66. The van der Waals surface area contributed by atoms with E-state index in [-0.39, 0.29) is 12.1 Å². The third-order valence-corrected chi connectivity index (χ3v) is 2.91. The molecule has 0 spiro atoms. The molecule has 1 aromatic rings. The zero-order chi connectivity index (χ0) is 11.8. The monoisotopic (exact) mass is 240 g/mol. The molecular weight excluding hydrogens is 228 g/mol. The fourth-order valence-corrected chi connectivity index (χ4v) is 1.79. The SMILES string of the molecule is CCOC(=O)C1(C)OC1c1ccc(Cl)cc1. The molecule has 1 saturated heterocycles. The van der Waals surface area contributed by atoms with Gasteiger partial charge in [0.15, 0.2) is 5.60 Å². The van der Waals surface area contributed by atoms with Gasteiger partial charge in [0.05, 0.1) is 6.61 Å². The second-order valence-corrected chi connectivity index (χ2v) is 4.31. The van der Waals surface area contributed by atoms with E-state index >= 15 is 0 Å². The van der Waals surface area contributed by atoms with E-state index < -0.39 is 5.60 Å². The predicted molar refractivity (Wildman–Crippen MR) is 60.3 cm³/mol. The van der Waals surface area contributed by atoms with Crippen molar-refractivity contribution in [1.29, 1.82) is 0 Å². The van der Waals surface area contributed by atoms with Crippen molar-refractivity contribution >= 4 is 17.6 Å². The maximum Gasteiger partial charge on any atom is 0.341 e. The van der Waals surface area contributed by atoms with Crippen LogP contribution in [0.4, 0.5) is 0 Å². The highest BCUT2D eigenvalue weighted by atomic mass is 35.5. The van der Waals surface area contributed by atoms with Crippen molar-refractivity contribution in [2.75, 3.05) is 6.61 Å². The van der Waals surface area contributed by atoms with Crippen molar-refractivity contribution < 1.29 is 14.3 Å². The Hall–Kier alpha value is -1.06. The van der Waals surface area contributed by atoms with Crippen LogP contribution in [0.25, 0.3) is 0 Å². The molecule has 2 atom stereocenters. The Balaban J connectivity index is 2.10. The van der Waals surface area contributed by atoms with Crippen LogP contribution in [0.1, 0.15) is 25.5 Å². The number of carbonyl (C=O) groups is 1. The van der Waals surface area contributed by atoms with E-state index in [1.807, 2.05) is 12.1 Å². The molecule has 1 aliphatic heterocycles. The Labute approximate surface area is 99.3 Å². The van der Waals surface area contributed by atoms with Gasteiger partial charge in [0.1, 0.15) is 6.10 Å². The standard InChI is InChI=1S/C12H13ClO3/c1-3-15-11(14)12(2)10(16-12)8-4-6-9(13)7-5-8/h4-7,10H,3H2,1-2H3. The Morgan fingerprint density at radius 3 is 2.69 bits per heavy atom. The minimum Gasteiger partial charge on any atom is -0.464 e. The van der Waals surface area contributed by atoms with Crippen LogP contribution in [0, 0.1) is 0 Å². The first kappa shape index (κ1) is 11.4. The third kappa shape index (κ3) is 1.93. The van der Waals surface area contributed by atoms with Crippen molar-refractivity contribution in [2.24, 2.45) is 0 Å². The van der Waals surface area contributed by atoms with Crippen LogP contribution < -0.4 is 0 Å². The molecular formula is C12H13ClO3. The van der Waals surface area contributed by atoms with E-state index in [9.17, 15) is 4.79 Å². The van der Waals surface area contributed by atoms with Crippen LogP contribution in [0.5, 0.6) is 0 Å². The molecule has 86 valence electrons. The second-order valence-electron chi connectivity index (χ2n) is 3.88. The molecule has 3 nitrogen and oxygen atoms in total. The number of benzene rings is 1. The zero-order valence-corrected chi connectivity index (χ0v) is 9.95. The summed E-state index contributed by atoms with van der Waals surface area (Å²) in [6.45, 7) is 3.89. The number of esters is 1. The van der Waals surface area contributed by atoms with Gasteiger partial charge < -0.3 is 9.47 Å². The van der Waals surface area contributed by atoms with Gasteiger partial charge in [0, 0.05) is 5.02 Å². The molecule has 0 amide bonds. The first-order chi connectivity index (χ1) is 7.58. The Morgan fingerprint density at radius 2 is 2.12 bits per heavy atom. The number of epoxide rings is 1. The van der Waals surface area contributed by atoms with Crippen LogP contribution in [0.3, 0.4) is 0 Å². The summed E-state index contributed by atoms with van der Waals surface area (Å²) in [5, 5.41) is 0.669. The number of rotatable bonds is 3. The van der Waals surface area contributed by atoms with Gasteiger partial charge in [0.25, 0.3) is 0 Å². The largest absolute Gasteiger partial charge is 0.464 e. The van der Waals surface area contributed by atoms with E-state index in [1.165, 1.54) is 0 Å². The molecule has 0 aliphatic carbocycles. The second kappa shape index (κ2) is 4.07. The minimum absolute atomic E-state index is 0.219. The summed E-state index contributed by atoms with van der Waals surface area (Å²) in [7, 11) is 0. The van der Waals surface area contributed by atoms with Crippen molar-refractivity contribution in [1.82, 2.24) is 0 Å². The lowest BCUT2D eigenvalue weighted by Gasteiger charge is -2.05. The molecule has 0 radical (unpaired) electrons. The number of hydrogen-bond donors (Lipinski definition) is 0. The van der Waals surface area contributed by atoms with Crippen LogP contribution >= 0.6 is 11.6 Å². The zero-order valence-electron chi connectivity index (χ0n) is 9.20. The first-order valence-corrected chi connectivity index (χ1v) is 5.56. The normalized spacial score (nSPS) is 27.6. The smallest absolute Gasteiger partial charge is 0.341 e. The minimum atomic E-state index is -0.830. The summed E-state index contributed by atoms with van der Waals surface area (Å²) in [5.41, 5.74) is 0.115. The van der Waals surface area contributed by atoms with Crippen LogP contribution in [0.2, 0.25) is 5.02 Å². The van der Waals surface area contributed by atoms with Gasteiger partial charge in [0.2, 0.25) is 0 Å². The number of carbonyl (C=O) groups excluding carboxylic acids is 1. The molecule has 4 heteroatoms. The molecule has 1 aromatic carbocycles. The van der Waals surface area contributed by atoms with Crippen molar-refractivity contribution in [2.45, 2.75) is 25.6 Å². The average molecular weight is 241 g/mol. The van der Waals surface area contributed by atoms with Gasteiger partial charge >= 0.3 is 5.97 Å². The molecule has 0 saturated carbocycles. The van der Waals surface area contributed by atoms with Crippen LogP contribution in [-0.4, -0.2) is 18.2 Å². The molecule has 0 bridgehead atoms. The van der Waals surface area contributed by atoms with Crippen molar-refractivity contribution in [3.63, 3.8) is 0 Å². The molecule has 16 heavy (non-hydrogen) atoms. The van der Waals surface area contributed by atoms with E-state index in [2.05, 4.69) is 0 Å². The Bertz CT molecular complexity index is 401. The molecule has 2 unspecified atom stereocenters. The Kier molecular flexibility index (Phi) is 2.91. The van der Waals surface area contributed by atoms with E-state index in [4.69, 9.17) is 21.1 Å². The lowest BCUT2D eigenvalue weighted by molar-refractivity contribution is -0.148. The lowest BCUT2D eigenvalue weighted by atomic mass is 10.0. The highest BCUT2D eigenvalue weighted by molar-refractivity contribution is 6.30. The molecule has 1 fully saturated rings. The van der Waals surface area contributed by atoms with E-state index in [0.29, 0.717) is 11.6 Å². The van der Waals surface area contributed by atoms with Gasteiger partial charge in [-0.25, -0.2) is 4.79 Å². The first-order valence-electron chi connectivity index (χ1n) is 5.18. The van der Waals surface area contributed by atoms with Crippen LogP contribution in [0.15, 0.2) is 24.3 Å². The van der Waals surface area contributed by atoms with Gasteiger partial charge in [-0.15, -0.1) is 0 Å². The number of hydrogen-bond acceptors (Lipinski definition) is 3. The van der Waals surface area contributed by atoms with Crippen molar-refractivity contribution in [3.8, 4) is 0 Å². The van der Waals surface area contributed by atoms with Gasteiger partial charge in [-0.1, -0.05) is 23.7 Å². The van der Waals surface area contributed by atoms with Crippen molar-refractivity contribution in [3.05, 3.63) is 34.9 Å². The number of halogens is 1. The quantitative estimate of drug-likeness (QED) is 0.602. The fraction of sp³-hybridized carbons (Fsp3) is 0.417. The summed E-state index contributed by atoms with van der Waals surface area (Å²) in [4.78, 5) is 11.6. The van der Waals surface area contributed by atoms with Gasteiger partial charge in [-0.05, 0) is 31.5 Å². The molecule has 0 aromatic heterocycles. The van der Waals surface area contributed by atoms with Gasteiger partial charge in [-0.3, -0.25) is 0 Å². The molecule has 2 rings (SSSR count). The lowest BCUT2D eigenvalue weighted by Crippen LogP contribution is -2.24. The summed E-state index contributed by atoms with van der Waals surface area (Å²) < 4.78 is 10.4. The molecule has 0 N–H and O–H groups in total. The summed E-state index contributed by atoms with van der Waals surface area (Å²) >= 11 is 5.79. The maximum atomic E-state index is 11.6. The number of ether oxygens (including phenoxy) is 2. The fourth-order valence-electron chi connectivity index (χ4n) is 1.66. The predicted octanol–water partition coefficient (Wildman–Crippen LogP) is 2.73. The van der Waals surface area contributed by atoms with Crippen LogP contribution in [-0.2, 0) is 14.3 Å². The highest BCUT2D eigenvalue weighted by Gasteiger charge is 2.60. The average Bonchev–Trinajstić information content (AvgIpc) is 2.94.